The highest BCUT2D eigenvalue weighted by Gasteiger charge is 2.17. The number of hydrogen-bond donors (Lipinski definition) is 0. The summed E-state index contributed by atoms with van der Waals surface area (Å²) >= 11 is 0. The lowest BCUT2D eigenvalue weighted by atomic mass is 10.0. The summed E-state index contributed by atoms with van der Waals surface area (Å²) in [6, 6.07) is 78.8. The lowest BCUT2D eigenvalue weighted by Gasteiger charge is -2.27. The normalized spacial score (nSPS) is 11.3. The van der Waals surface area contributed by atoms with Crippen LogP contribution in [0.3, 0.4) is 0 Å². The Bertz CT molecular complexity index is 2880. The molecule has 0 amide bonds. The minimum atomic E-state index is 1.11. The second kappa shape index (κ2) is 13.4. The van der Waals surface area contributed by atoms with Gasteiger partial charge in [-0.25, -0.2) is 0 Å². The Morgan fingerprint density at radius 2 is 0.759 bits per heavy atom. The maximum atomic E-state index is 2.39. The molecule has 0 spiro atoms. The molecule has 10 aromatic rings. The van der Waals surface area contributed by atoms with Crippen molar-refractivity contribution in [2.24, 2.45) is 0 Å². The molecule has 54 heavy (non-hydrogen) atoms. The van der Waals surface area contributed by atoms with Crippen molar-refractivity contribution in [3.8, 4) is 39.1 Å². The van der Waals surface area contributed by atoms with Crippen LogP contribution in [0.4, 0.5) is 17.1 Å². The first kappa shape index (κ1) is 31.6. The van der Waals surface area contributed by atoms with Crippen LogP contribution in [0.5, 0.6) is 0 Å². The highest BCUT2D eigenvalue weighted by Crippen LogP contribution is 2.41. The summed E-state index contributed by atoms with van der Waals surface area (Å²) in [4.78, 5) is 2.38. The molecule has 0 N–H and O–H groups in total. The molecule has 0 aliphatic heterocycles. The van der Waals surface area contributed by atoms with Gasteiger partial charge >= 0.3 is 0 Å². The van der Waals surface area contributed by atoms with Gasteiger partial charge in [-0.1, -0.05) is 158 Å². The van der Waals surface area contributed by atoms with Crippen molar-refractivity contribution in [3.63, 3.8) is 0 Å². The zero-order valence-corrected chi connectivity index (χ0v) is 29.7. The Balaban J connectivity index is 1.04. The van der Waals surface area contributed by atoms with Crippen LogP contribution in [0.15, 0.2) is 218 Å². The summed E-state index contributed by atoms with van der Waals surface area (Å²) < 4.78 is 2.39. The zero-order valence-electron chi connectivity index (χ0n) is 29.7. The Labute approximate surface area is 315 Å². The van der Waals surface area contributed by atoms with Gasteiger partial charge in [-0.15, -0.1) is 0 Å². The van der Waals surface area contributed by atoms with E-state index in [1.54, 1.807) is 0 Å². The van der Waals surface area contributed by atoms with E-state index in [0.717, 1.165) is 22.7 Å². The molecule has 1 heterocycles. The summed E-state index contributed by atoms with van der Waals surface area (Å²) in [5, 5.41) is 4.93. The number of rotatable bonds is 7. The van der Waals surface area contributed by atoms with E-state index in [1.807, 2.05) is 0 Å². The molecule has 2 nitrogen and oxygen atoms in total. The van der Waals surface area contributed by atoms with Gasteiger partial charge < -0.3 is 9.47 Å². The predicted molar refractivity (Wildman–Crippen MR) is 229 cm³/mol. The van der Waals surface area contributed by atoms with Crippen LogP contribution in [-0.2, 0) is 0 Å². The smallest absolute Gasteiger partial charge is 0.0541 e. The van der Waals surface area contributed by atoms with E-state index in [-0.39, 0.29) is 0 Å². The summed E-state index contributed by atoms with van der Waals surface area (Å²) in [5.74, 6) is 0. The van der Waals surface area contributed by atoms with Gasteiger partial charge in [-0.3, -0.25) is 0 Å². The van der Waals surface area contributed by atoms with E-state index in [4.69, 9.17) is 0 Å². The maximum absolute atomic E-state index is 2.39. The summed E-state index contributed by atoms with van der Waals surface area (Å²) in [6.45, 7) is 0. The van der Waals surface area contributed by atoms with Crippen molar-refractivity contribution in [2.75, 3.05) is 4.90 Å². The Morgan fingerprint density at radius 1 is 0.296 bits per heavy atom. The predicted octanol–water partition coefficient (Wildman–Crippen LogP) is 14.4. The maximum Gasteiger partial charge on any atom is 0.0541 e. The lowest BCUT2D eigenvalue weighted by Crippen LogP contribution is -2.10. The summed E-state index contributed by atoms with van der Waals surface area (Å²) in [5.41, 5.74) is 14.2. The van der Waals surface area contributed by atoms with Crippen molar-refractivity contribution in [1.29, 1.82) is 0 Å². The first-order chi connectivity index (χ1) is 26.8. The number of para-hydroxylation sites is 1. The molecule has 0 saturated carbocycles. The van der Waals surface area contributed by atoms with E-state index in [1.165, 1.54) is 66.0 Å². The number of fused-ring (bicyclic) bond motifs is 4. The quantitative estimate of drug-likeness (QED) is 0.162. The van der Waals surface area contributed by atoms with E-state index >= 15 is 0 Å². The number of anilines is 3. The molecule has 0 bridgehead atoms. The molecule has 9 aromatic carbocycles. The zero-order chi connectivity index (χ0) is 35.8. The Morgan fingerprint density at radius 3 is 1.41 bits per heavy atom. The van der Waals surface area contributed by atoms with Crippen LogP contribution < -0.4 is 4.90 Å². The van der Waals surface area contributed by atoms with Crippen LogP contribution in [0.25, 0.3) is 71.6 Å². The average Bonchev–Trinajstić information content (AvgIpc) is 3.59. The van der Waals surface area contributed by atoms with Gasteiger partial charge in [0.25, 0.3) is 0 Å². The molecule has 0 aliphatic carbocycles. The standard InChI is InChI=1S/C52H36N2/c1-3-12-37(13-4-1)39-22-29-44(30-23-39)53(50-21-11-17-42-16-7-8-18-47(42)50)45-31-26-41(27-32-45)43-28-35-52-49(36-43)48-19-9-10-20-51(48)54(52)46-33-24-40(25-34-46)38-14-5-2-6-15-38/h1-36H. The van der Waals surface area contributed by atoms with Crippen molar-refractivity contribution in [3.05, 3.63) is 218 Å². The minimum Gasteiger partial charge on any atom is -0.310 e. The van der Waals surface area contributed by atoms with Gasteiger partial charge in [0.05, 0.1) is 16.7 Å². The topological polar surface area (TPSA) is 8.17 Å². The molecule has 10 rings (SSSR count). The largest absolute Gasteiger partial charge is 0.310 e. The second-order valence-corrected chi connectivity index (χ2v) is 13.8. The molecule has 254 valence electrons. The number of aromatic nitrogens is 1. The molecule has 2 heteroatoms. The van der Waals surface area contributed by atoms with E-state index in [9.17, 15) is 0 Å². The molecule has 0 radical (unpaired) electrons. The summed E-state index contributed by atoms with van der Waals surface area (Å²) in [7, 11) is 0. The first-order valence-corrected chi connectivity index (χ1v) is 18.5. The molecular formula is C52H36N2. The third-order valence-corrected chi connectivity index (χ3v) is 10.6. The van der Waals surface area contributed by atoms with Crippen molar-refractivity contribution in [1.82, 2.24) is 4.57 Å². The number of nitrogens with zero attached hydrogens (tertiary/aromatic N) is 2. The van der Waals surface area contributed by atoms with Gasteiger partial charge in [-0.2, -0.15) is 0 Å². The van der Waals surface area contributed by atoms with Gasteiger partial charge in [0, 0.05) is 33.2 Å². The molecule has 0 aliphatic rings. The first-order valence-electron chi connectivity index (χ1n) is 18.5. The van der Waals surface area contributed by atoms with E-state index in [2.05, 4.69) is 228 Å². The van der Waals surface area contributed by atoms with Crippen LogP contribution in [-0.4, -0.2) is 4.57 Å². The summed E-state index contributed by atoms with van der Waals surface area (Å²) in [6.07, 6.45) is 0. The Hall–Kier alpha value is -7.16. The number of hydrogen-bond acceptors (Lipinski definition) is 1. The minimum absolute atomic E-state index is 1.11. The molecule has 0 unspecified atom stereocenters. The van der Waals surface area contributed by atoms with Gasteiger partial charge in [0.1, 0.15) is 0 Å². The van der Waals surface area contributed by atoms with Gasteiger partial charge in [0.15, 0.2) is 0 Å². The fraction of sp³-hybridized carbons (Fsp3) is 0. The van der Waals surface area contributed by atoms with Crippen molar-refractivity contribution < 1.29 is 0 Å². The van der Waals surface area contributed by atoms with Crippen molar-refractivity contribution in [2.45, 2.75) is 0 Å². The highest BCUT2D eigenvalue weighted by atomic mass is 15.1. The van der Waals surface area contributed by atoms with Gasteiger partial charge in [0.2, 0.25) is 0 Å². The highest BCUT2D eigenvalue weighted by molar-refractivity contribution is 6.10. The molecule has 0 atom stereocenters. The molecule has 0 saturated heterocycles. The van der Waals surface area contributed by atoms with Crippen LogP contribution in [0.1, 0.15) is 0 Å². The number of benzene rings is 9. The third kappa shape index (κ3) is 5.62. The van der Waals surface area contributed by atoms with Crippen molar-refractivity contribution >= 4 is 49.6 Å². The average molecular weight is 689 g/mol. The molecule has 1 aromatic heterocycles. The monoisotopic (exact) mass is 688 g/mol. The molecule has 0 fully saturated rings. The second-order valence-electron chi connectivity index (χ2n) is 13.8. The van der Waals surface area contributed by atoms with Gasteiger partial charge in [-0.05, 0) is 99.4 Å². The Kier molecular flexibility index (Phi) is 7.85. The SMILES string of the molecule is c1ccc(-c2ccc(N(c3ccc(-c4ccc5c(c4)c4ccccc4n5-c4ccc(-c5ccccc5)cc4)cc3)c3cccc4ccccc34)cc2)cc1. The third-order valence-electron chi connectivity index (χ3n) is 10.6. The fourth-order valence-electron chi connectivity index (χ4n) is 7.93. The fourth-order valence-corrected chi connectivity index (χ4v) is 7.93. The van der Waals surface area contributed by atoms with Crippen LogP contribution in [0.2, 0.25) is 0 Å². The van der Waals surface area contributed by atoms with Crippen LogP contribution in [0, 0.1) is 0 Å². The van der Waals surface area contributed by atoms with E-state index < -0.39 is 0 Å². The van der Waals surface area contributed by atoms with E-state index in [0.29, 0.717) is 0 Å². The van der Waals surface area contributed by atoms with Crippen LogP contribution >= 0.6 is 0 Å². The lowest BCUT2D eigenvalue weighted by molar-refractivity contribution is 1.18. The molecular weight excluding hydrogens is 653 g/mol.